The normalized spacial score (nSPS) is 11.5. The molecular formula is C20H24N6O3S. The predicted octanol–water partition coefficient (Wildman–Crippen LogP) is 2.94. The quantitative estimate of drug-likeness (QED) is 0.493. The Morgan fingerprint density at radius 2 is 1.97 bits per heavy atom. The van der Waals surface area contributed by atoms with Crippen LogP contribution in [0.15, 0.2) is 52.3 Å². The van der Waals surface area contributed by atoms with Crippen molar-refractivity contribution in [3.63, 3.8) is 0 Å². The lowest BCUT2D eigenvalue weighted by atomic mass is 10.2. The zero-order valence-electron chi connectivity index (χ0n) is 16.9. The Labute approximate surface area is 176 Å². The maximum absolute atomic E-state index is 12.6. The molecule has 0 aliphatic rings. The Hall–Kier alpha value is -3.16. The van der Waals surface area contributed by atoms with E-state index >= 15 is 0 Å². The summed E-state index contributed by atoms with van der Waals surface area (Å²) in [6, 6.07) is 8.33. The number of hydrogen-bond acceptors (Lipinski definition) is 7. The van der Waals surface area contributed by atoms with Crippen molar-refractivity contribution in [2.45, 2.75) is 31.7 Å². The number of nitrogens with zero attached hydrogens (tertiary/aromatic N) is 5. The highest BCUT2D eigenvalue weighted by atomic mass is 32.2. The van der Waals surface area contributed by atoms with Crippen LogP contribution in [0.25, 0.3) is 11.5 Å². The van der Waals surface area contributed by atoms with Gasteiger partial charge < -0.3 is 14.3 Å². The largest absolute Gasteiger partial charge is 0.419 e. The van der Waals surface area contributed by atoms with Crippen molar-refractivity contribution in [1.82, 2.24) is 18.8 Å². The van der Waals surface area contributed by atoms with Crippen LogP contribution in [0.1, 0.15) is 26.0 Å². The molecule has 2 aromatic heterocycles. The summed E-state index contributed by atoms with van der Waals surface area (Å²) in [6.45, 7) is 5.80. The molecule has 3 aromatic rings. The maximum Gasteiger partial charge on any atom is 0.243 e. The van der Waals surface area contributed by atoms with Gasteiger partial charge in [-0.2, -0.15) is 14.6 Å². The molecule has 0 saturated heterocycles. The monoisotopic (exact) mass is 428 g/mol. The lowest BCUT2D eigenvalue weighted by Crippen LogP contribution is -2.30. The van der Waals surface area contributed by atoms with Crippen LogP contribution in [-0.2, 0) is 16.6 Å². The molecule has 0 radical (unpaired) electrons. The molecule has 0 fully saturated rings. The molecule has 0 bridgehead atoms. The van der Waals surface area contributed by atoms with Crippen molar-refractivity contribution in [1.29, 1.82) is 5.26 Å². The highest BCUT2D eigenvalue weighted by molar-refractivity contribution is 7.89. The molecule has 2 heterocycles. The number of nitrogens with one attached hydrogen (secondary N) is 1. The van der Waals surface area contributed by atoms with Gasteiger partial charge in [0.25, 0.3) is 0 Å². The lowest BCUT2D eigenvalue weighted by molar-refractivity contribution is 0.445. The van der Waals surface area contributed by atoms with Gasteiger partial charge in [-0.25, -0.2) is 13.4 Å². The highest BCUT2D eigenvalue weighted by Gasteiger charge is 2.22. The average molecular weight is 429 g/mol. The Morgan fingerprint density at radius 1 is 1.23 bits per heavy atom. The number of sulfonamides is 1. The molecule has 0 atom stereocenters. The number of hydrogen-bond donors (Lipinski definition) is 1. The minimum atomic E-state index is -3.53. The van der Waals surface area contributed by atoms with Crippen LogP contribution in [0.3, 0.4) is 0 Å². The van der Waals surface area contributed by atoms with Gasteiger partial charge in [0.2, 0.25) is 27.5 Å². The summed E-state index contributed by atoms with van der Waals surface area (Å²) in [5.41, 5.74) is 0.754. The van der Waals surface area contributed by atoms with Crippen LogP contribution in [0.4, 0.5) is 5.88 Å². The van der Waals surface area contributed by atoms with Gasteiger partial charge in [0.15, 0.2) is 0 Å². The van der Waals surface area contributed by atoms with E-state index in [9.17, 15) is 13.7 Å². The summed E-state index contributed by atoms with van der Waals surface area (Å²) in [7, 11) is -3.53. The van der Waals surface area contributed by atoms with Gasteiger partial charge in [-0.3, -0.25) is 0 Å². The first kappa shape index (κ1) is 21.5. The van der Waals surface area contributed by atoms with Gasteiger partial charge in [-0.1, -0.05) is 13.8 Å². The molecule has 0 spiro atoms. The average Bonchev–Trinajstić information content (AvgIpc) is 3.42. The number of oxazole rings is 1. The second-order valence-corrected chi connectivity index (χ2v) is 8.44. The summed E-state index contributed by atoms with van der Waals surface area (Å²) in [5.74, 6) is 0.563. The first-order valence-corrected chi connectivity index (χ1v) is 11.1. The molecule has 0 aliphatic carbocycles. The maximum atomic E-state index is 12.6. The minimum absolute atomic E-state index is 0.160. The van der Waals surface area contributed by atoms with Gasteiger partial charge in [0, 0.05) is 44.1 Å². The van der Waals surface area contributed by atoms with E-state index in [1.807, 2.05) is 16.8 Å². The number of benzene rings is 1. The van der Waals surface area contributed by atoms with Crippen LogP contribution >= 0.6 is 0 Å². The van der Waals surface area contributed by atoms with Gasteiger partial charge in [0.1, 0.15) is 6.07 Å². The molecule has 0 unspecified atom stereocenters. The zero-order chi connectivity index (χ0) is 21.6. The van der Waals surface area contributed by atoms with E-state index in [0.29, 0.717) is 31.1 Å². The molecule has 3 rings (SSSR count). The lowest BCUT2D eigenvalue weighted by Gasteiger charge is -2.18. The van der Waals surface area contributed by atoms with Crippen molar-refractivity contribution < 1.29 is 12.8 Å². The van der Waals surface area contributed by atoms with E-state index in [1.165, 1.54) is 16.4 Å². The van der Waals surface area contributed by atoms with Gasteiger partial charge >= 0.3 is 0 Å². The van der Waals surface area contributed by atoms with Crippen LogP contribution in [0.2, 0.25) is 0 Å². The molecule has 0 saturated carbocycles. The summed E-state index contributed by atoms with van der Waals surface area (Å²) in [5, 5.41) is 12.4. The Bertz CT molecular complexity index is 1090. The molecule has 158 valence electrons. The number of rotatable bonds is 10. The standard InChI is InChI=1S/C20H24N6O3S/c1-3-26(4-2)30(27,28)17-8-6-16(7-9-17)19-24-18(14-21)20(29-19)23-10-5-12-25-13-11-22-15-25/h6-9,11,13,15,23H,3-5,10,12H2,1-2H3. The third-order valence-corrected chi connectivity index (χ3v) is 6.68. The molecular weight excluding hydrogens is 404 g/mol. The first-order chi connectivity index (χ1) is 14.5. The molecule has 0 amide bonds. The fraction of sp³-hybridized carbons (Fsp3) is 0.350. The van der Waals surface area contributed by atoms with E-state index in [2.05, 4.69) is 15.3 Å². The number of aromatic nitrogens is 3. The summed E-state index contributed by atoms with van der Waals surface area (Å²) < 4.78 is 34.3. The third-order valence-electron chi connectivity index (χ3n) is 4.62. The smallest absolute Gasteiger partial charge is 0.243 e. The molecule has 30 heavy (non-hydrogen) atoms. The third kappa shape index (κ3) is 4.69. The summed E-state index contributed by atoms with van der Waals surface area (Å²) in [4.78, 5) is 8.42. The highest BCUT2D eigenvalue weighted by Crippen LogP contribution is 2.27. The number of imidazole rings is 1. The van der Waals surface area contributed by atoms with Crippen molar-refractivity contribution >= 4 is 15.9 Å². The van der Waals surface area contributed by atoms with E-state index in [4.69, 9.17) is 4.42 Å². The van der Waals surface area contributed by atoms with Crippen molar-refractivity contribution in [2.75, 3.05) is 25.0 Å². The molecule has 1 N–H and O–H groups in total. The predicted molar refractivity (Wildman–Crippen MR) is 112 cm³/mol. The van der Waals surface area contributed by atoms with Gasteiger partial charge in [0.05, 0.1) is 11.2 Å². The van der Waals surface area contributed by atoms with Crippen LogP contribution in [0, 0.1) is 11.3 Å². The Balaban J connectivity index is 1.71. The van der Waals surface area contributed by atoms with Gasteiger partial charge in [-0.05, 0) is 30.7 Å². The van der Waals surface area contributed by atoms with Crippen LogP contribution < -0.4 is 5.32 Å². The summed E-state index contributed by atoms with van der Waals surface area (Å²) in [6.07, 6.45) is 6.17. The van der Waals surface area contributed by atoms with E-state index in [-0.39, 0.29) is 16.5 Å². The van der Waals surface area contributed by atoms with E-state index < -0.39 is 10.0 Å². The topological polar surface area (TPSA) is 117 Å². The van der Waals surface area contributed by atoms with Crippen LogP contribution in [-0.4, -0.2) is 46.9 Å². The Kier molecular flexibility index (Phi) is 6.87. The fourth-order valence-corrected chi connectivity index (χ4v) is 4.46. The Morgan fingerprint density at radius 3 is 2.57 bits per heavy atom. The fourth-order valence-electron chi connectivity index (χ4n) is 3.00. The molecule has 1 aromatic carbocycles. The molecule has 0 aliphatic heterocycles. The SMILES string of the molecule is CCN(CC)S(=O)(=O)c1ccc(-c2nc(C#N)c(NCCCn3ccnc3)o2)cc1. The minimum Gasteiger partial charge on any atom is -0.419 e. The van der Waals surface area contributed by atoms with Crippen LogP contribution in [0.5, 0.6) is 0 Å². The van der Waals surface area contributed by atoms with E-state index in [0.717, 1.165) is 13.0 Å². The van der Waals surface area contributed by atoms with Crippen molar-refractivity contribution in [2.24, 2.45) is 0 Å². The van der Waals surface area contributed by atoms with E-state index in [1.54, 1.807) is 38.5 Å². The second kappa shape index (κ2) is 9.56. The second-order valence-electron chi connectivity index (χ2n) is 6.50. The van der Waals surface area contributed by atoms with Gasteiger partial charge in [-0.15, -0.1) is 0 Å². The zero-order valence-corrected chi connectivity index (χ0v) is 17.8. The van der Waals surface area contributed by atoms with Crippen molar-refractivity contribution in [3.8, 4) is 17.5 Å². The number of aryl methyl sites for hydroxylation is 1. The number of anilines is 1. The summed E-state index contributed by atoms with van der Waals surface area (Å²) >= 11 is 0. The molecule has 9 nitrogen and oxygen atoms in total. The van der Waals surface area contributed by atoms with Crippen molar-refractivity contribution in [3.05, 3.63) is 48.7 Å². The first-order valence-electron chi connectivity index (χ1n) is 9.70. The molecule has 10 heteroatoms. The number of nitriles is 1.